The van der Waals surface area contributed by atoms with E-state index in [4.69, 9.17) is 16.3 Å². The first-order chi connectivity index (χ1) is 17.9. The Bertz CT molecular complexity index is 1710. The number of carbonyl (C=O) groups is 1. The lowest BCUT2D eigenvalue weighted by Crippen LogP contribution is -2.35. The van der Waals surface area contributed by atoms with Gasteiger partial charge in [0.1, 0.15) is 16.3 Å². The van der Waals surface area contributed by atoms with Gasteiger partial charge in [-0.2, -0.15) is 0 Å². The molecule has 0 atom stereocenters. The van der Waals surface area contributed by atoms with Crippen LogP contribution in [0.1, 0.15) is 21.6 Å². The normalized spacial score (nSPS) is 12.0. The summed E-state index contributed by atoms with van der Waals surface area (Å²) in [5.74, 6) is -0.189. The second-order valence-corrected chi connectivity index (χ2v) is 12.8. The molecule has 0 saturated carbocycles. The number of H-pyrrole nitrogens is 1. The first-order valence-corrected chi connectivity index (χ1v) is 14.8. The zero-order valence-corrected chi connectivity index (χ0v) is 23.2. The van der Waals surface area contributed by atoms with Crippen LogP contribution in [-0.4, -0.2) is 47.9 Å². The number of benzene rings is 3. The fourth-order valence-electron chi connectivity index (χ4n) is 4.07. The van der Waals surface area contributed by atoms with Crippen LogP contribution < -0.4 is 14.8 Å². The quantitative estimate of drug-likeness (QED) is 0.258. The Morgan fingerprint density at radius 3 is 2.18 bits per heavy atom. The fourth-order valence-corrected chi connectivity index (χ4v) is 7.06. The summed E-state index contributed by atoms with van der Waals surface area (Å²) in [6.45, 7) is 3.37. The number of aromatic nitrogens is 1. The number of amides is 1. The highest BCUT2D eigenvalue weighted by Gasteiger charge is 2.30. The molecule has 4 aromatic rings. The van der Waals surface area contributed by atoms with Crippen LogP contribution in [0.4, 0.5) is 0 Å². The van der Waals surface area contributed by atoms with E-state index in [1.807, 2.05) is 6.07 Å². The number of hydrogen-bond donors (Lipinski definition) is 3. The Balaban J connectivity index is 1.59. The molecular formula is C26H26ClN3O6S2. The summed E-state index contributed by atoms with van der Waals surface area (Å²) in [5.41, 5.74) is 1.77. The van der Waals surface area contributed by atoms with Gasteiger partial charge in [0, 0.05) is 29.0 Å². The minimum atomic E-state index is -4.13. The number of sulfonamides is 1. The molecule has 0 spiro atoms. The van der Waals surface area contributed by atoms with E-state index < -0.39 is 25.8 Å². The maximum Gasteiger partial charge on any atom is 0.269 e. The van der Waals surface area contributed by atoms with E-state index in [0.29, 0.717) is 16.3 Å². The number of nitrogens with one attached hydrogen (secondary N) is 3. The number of ether oxygens (including phenoxy) is 1. The summed E-state index contributed by atoms with van der Waals surface area (Å²) in [7, 11) is -6.47. The highest BCUT2D eigenvalue weighted by molar-refractivity contribution is 7.91. The summed E-state index contributed by atoms with van der Waals surface area (Å²) in [5, 5.41) is 3.18. The summed E-state index contributed by atoms with van der Waals surface area (Å²) >= 11 is 6.16. The van der Waals surface area contributed by atoms with Gasteiger partial charge in [0.05, 0.1) is 16.9 Å². The summed E-state index contributed by atoms with van der Waals surface area (Å²) in [4.78, 5) is 16.0. The Kier molecular flexibility index (Phi) is 7.84. The van der Waals surface area contributed by atoms with Gasteiger partial charge >= 0.3 is 0 Å². The molecule has 0 saturated heterocycles. The minimum absolute atomic E-state index is 0.0407. The van der Waals surface area contributed by atoms with Crippen molar-refractivity contribution in [3.8, 4) is 5.75 Å². The molecule has 3 N–H and O–H groups in total. The Morgan fingerprint density at radius 2 is 1.55 bits per heavy atom. The second-order valence-electron chi connectivity index (χ2n) is 8.68. The van der Waals surface area contributed by atoms with Gasteiger partial charge < -0.3 is 15.0 Å². The zero-order valence-electron chi connectivity index (χ0n) is 20.8. The average molecular weight is 576 g/mol. The van der Waals surface area contributed by atoms with Crippen molar-refractivity contribution < 1.29 is 26.4 Å². The molecule has 0 aliphatic heterocycles. The third-order valence-electron chi connectivity index (χ3n) is 5.79. The molecule has 0 aliphatic rings. The molecule has 200 valence electrons. The van der Waals surface area contributed by atoms with Gasteiger partial charge in [-0.25, -0.2) is 21.6 Å². The van der Waals surface area contributed by atoms with Crippen LogP contribution in [-0.2, 0) is 19.9 Å². The largest absolute Gasteiger partial charge is 0.497 e. The van der Waals surface area contributed by atoms with E-state index in [-0.39, 0.29) is 38.9 Å². The molecule has 3 aromatic carbocycles. The van der Waals surface area contributed by atoms with Crippen LogP contribution in [0.15, 0.2) is 75.4 Å². The van der Waals surface area contributed by atoms with Crippen molar-refractivity contribution in [2.45, 2.75) is 28.5 Å². The van der Waals surface area contributed by atoms with Gasteiger partial charge in [0.15, 0.2) is 0 Å². The molecule has 0 unspecified atom stereocenters. The van der Waals surface area contributed by atoms with E-state index in [9.17, 15) is 21.6 Å². The van der Waals surface area contributed by atoms with E-state index >= 15 is 0 Å². The summed E-state index contributed by atoms with van der Waals surface area (Å²) in [6, 6.07) is 15.5. The molecule has 1 heterocycles. The SMILES string of the molecule is COc1ccc(S(=O)(=O)NCCNC(=O)c2[nH]c3ccc(Cl)cc3c2S(=O)(=O)c2cc(C)cc(C)c2)cc1. The van der Waals surface area contributed by atoms with Crippen molar-refractivity contribution in [3.63, 3.8) is 0 Å². The van der Waals surface area contributed by atoms with Gasteiger partial charge in [-0.3, -0.25) is 4.79 Å². The predicted molar refractivity (Wildman–Crippen MR) is 145 cm³/mol. The summed E-state index contributed by atoms with van der Waals surface area (Å²) in [6.07, 6.45) is 0. The molecule has 12 heteroatoms. The lowest BCUT2D eigenvalue weighted by molar-refractivity contribution is 0.0947. The minimum Gasteiger partial charge on any atom is -0.497 e. The van der Waals surface area contributed by atoms with Crippen LogP contribution in [0.5, 0.6) is 5.75 Å². The molecular weight excluding hydrogens is 550 g/mol. The van der Waals surface area contributed by atoms with Gasteiger partial charge in [-0.1, -0.05) is 17.7 Å². The van der Waals surface area contributed by atoms with Crippen LogP contribution >= 0.6 is 11.6 Å². The lowest BCUT2D eigenvalue weighted by Gasteiger charge is -2.11. The van der Waals surface area contributed by atoms with Crippen LogP contribution in [0.2, 0.25) is 5.02 Å². The molecule has 1 amide bonds. The smallest absolute Gasteiger partial charge is 0.269 e. The maximum atomic E-state index is 13.8. The third-order valence-corrected chi connectivity index (χ3v) is 9.32. The number of aromatic amines is 1. The van der Waals surface area contributed by atoms with Crippen molar-refractivity contribution in [1.82, 2.24) is 15.0 Å². The van der Waals surface area contributed by atoms with Gasteiger partial charge in [-0.05, 0) is 79.6 Å². The number of sulfone groups is 1. The number of rotatable bonds is 9. The number of hydrogen-bond acceptors (Lipinski definition) is 6. The Hall–Kier alpha value is -3.38. The molecule has 38 heavy (non-hydrogen) atoms. The van der Waals surface area contributed by atoms with Crippen molar-refractivity contribution in [1.29, 1.82) is 0 Å². The summed E-state index contributed by atoms with van der Waals surface area (Å²) < 4.78 is 60.0. The molecule has 0 fully saturated rings. The number of fused-ring (bicyclic) bond motifs is 1. The van der Waals surface area contributed by atoms with Crippen LogP contribution in [0, 0.1) is 13.8 Å². The van der Waals surface area contributed by atoms with Gasteiger partial charge in [0.25, 0.3) is 5.91 Å². The first-order valence-electron chi connectivity index (χ1n) is 11.5. The molecule has 0 radical (unpaired) electrons. The second kappa shape index (κ2) is 10.8. The predicted octanol–water partition coefficient (Wildman–Crippen LogP) is 3.99. The van der Waals surface area contributed by atoms with Crippen molar-refractivity contribution in [3.05, 3.63) is 82.5 Å². The highest BCUT2D eigenvalue weighted by Crippen LogP contribution is 2.34. The van der Waals surface area contributed by atoms with Crippen molar-refractivity contribution >= 4 is 48.3 Å². The maximum absolute atomic E-state index is 13.8. The number of aryl methyl sites for hydroxylation is 2. The molecule has 4 rings (SSSR count). The molecule has 1 aromatic heterocycles. The third kappa shape index (κ3) is 5.70. The fraction of sp³-hybridized carbons (Fsp3) is 0.192. The first kappa shape index (κ1) is 27.6. The topological polar surface area (TPSA) is 134 Å². The highest BCUT2D eigenvalue weighted by atomic mass is 35.5. The van der Waals surface area contributed by atoms with Gasteiger partial charge in [0.2, 0.25) is 19.9 Å². The number of halogens is 1. The number of methoxy groups -OCH3 is 1. The van der Waals surface area contributed by atoms with Crippen molar-refractivity contribution in [2.75, 3.05) is 20.2 Å². The van der Waals surface area contributed by atoms with E-state index in [1.54, 1.807) is 38.1 Å². The van der Waals surface area contributed by atoms with Crippen LogP contribution in [0.3, 0.4) is 0 Å². The zero-order chi connectivity index (χ0) is 27.7. The Labute approximate surface area is 226 Å². The standard InChI is InChI=1S/C26H26ClN3O6S2/c1-16-12-17(2)14-21(13-16)37(32,33)25-22-15-18(27)4-9-23(22)30-24(25)26(31)28-10-11-29-38(34,35)20-7-5-19(36-3)6-8-20/h4-9,12-15,29-30H,10-11H2,1-3H3,(H,28,31). The van der Waals surface area contributed by atoms with Gasteiger partial charge in [-0.15, -0.1) is 0 Å². The number of carbonyl (C=O) groups excluding carboxylic acids is 1. The monoisotopic (exact) mass is 575 g/mol. The molecule has 0 bridgehead atoms. The molecule has 9 nitrogen and oxygen atoms in total. The van der Waals surface area contributed by atoms with E-state index in [1.165, 1.54) is 37.4 Å². The molecule has 0 aliphatic carbocycles. The van der Waals surface area contributed by atoms with Crippen LogP contribution in [0.25, 0.3) is 10.9 Å². The van der Waals surface area contributed by atoms with Crippen molar-refractivity contribution in [2.24, 2.45) is 0 Å². The lowest BCUT2D eigenvalue weighted by atomic mass is 10.2. The van der Waals surface area contributed by atoms with E-state index in [0.717, 1.165) is 11.1 Å². The van der Waals surface area contributed by atoms with E-state index in [2.05, 4.69) is 15.0 Å². The average Bonchev–Trinajstić information content (AvgIpc) is 3.25. The Morgan fingerprint density at radius 1 is 0.895 bits per heavy atom.